The molecule has 0 fully saturated rings. The molecule has 4 heteroatoms. The van der Waals surface area contributed by atoms with Crippen LogP contribution in [-0.4, -0.2) is 40.0 Å². The van der Waals surface area contributed by atoms with Crippen molar-refractivity contribution in [2.45, 2.75) is 12.8 Å². The lowest BCUT2D eigenvalue weighted by atomic mass is 10.1. The van der Waals surface area contributed by atoms with Crippen LogP contribution in [0, 0.1) is 0 Å². The molecule has 1 rings (SSSR count). The second kappa shape index (κ2) is 10.3. The largest absolute Gasteiger partial charge is 0.382 e. The fraction of sp³-hybridized carbons (Fsp3) is 0.571. The lowest BCUT2D eigenvalue weighted by Crippen LogP contribution is -2.20. The van der Waals surface area contributed by atoms with E-state index in [-0.39, 0.29) is 0 Å². The van der Waals surface area contributed by atoms with Crippen LogP contribution in [0.15, 0.2) is 24.3 Å². The Hall–Kier alpha value is -0.610. The highest BCUT2D eigenvalue weighted by molar-refractivity contribution is 6.30. The maximum atomic E-state index is 5.83. The Balaban J connectivity index is 1.91. The quantitative estimate of drug-likeness (QED) is 0.664. The zero-order valence-corrected chi connectivity index (χ0v) is 11.7. The number of halogens is 1. The van der Waals surface area contributed by atoms with Gasteiger partial charge < -0.3 is 14.8 Å². The first-order valence-corrected chi connectivity index (χ1v) is 6.72. The van der Waals surface area contributed by atoms with Gasteiger partial charge in [-0.05, 0) is 43.6 Å². The van der Waals surface area contributed by atoms with Gasteiger partial charge in [0.25, 0.3) is 0 Å². The smallest absolute Gasteiger partial charge is 0.0700 e. The Labute approximate surface area is 114 Å². The molecule has 1 aromatic carbocycles. The molecule has 0 aliphatic rings. The molecule has 0 radical (unpaired) electrons. The van der Waals surface area contributed by atoms with E-state index in [0.29, 0.717) is 13.2 Å². The Morgan fingerprint density at radius 2 is 1.83 bits per heavy atom. The molecule has 0 amide bonds. The first kappa shape index (κ1) is 15.4. The van der Waals surface area contributed by atoms with Crippen LogP contribution in [0.3, 0.4) is 0 Å². The first-order valence-electron chi connectivity index (χ1n) is 6.35. The number of rotatable bonds is 10. The standard InChI is InChI=1S/C14H22ClNO2/c1-17-11-12-18-10-2-8-16-9-7-13-3-5-14(15)6-4-13/h3-6,16H,2,7-12H2,1H3. The molecule has 0 spiro atoms. The molecule has 0 aliphatic heterocycles. The van der Waals surface area contributed by atoms with E-state index in [1.54, 1.807) is 7.11 Å². The molecule has 3 nitrogen and oxygen atoms in total. The Morgan fingerprint density at radius 3 is 2.56 bits per heavy atom. The molecule has 0 aliphatic carbocycles. The van der Waals surface area contributed by atoms with E-state index >= 15 is 0 Å². The molecule has 0 heterocycles. The van der Waals surface area contributed by atoms with Crippen molar-refractivity contribution in [3.63, 3.8) is 0 Å². The number of hydrogen-bond donors (Lipinski definition) is 1. The van der Waals surface area contributed by atoms with Gasteiger partial charge in [-0.3, -0.25) is 0 Å². The van der Waals surface area contributed by atoms with E-state index in [1.807, 2.05) is 12.1 Å². The van der Waals surface area contributed by atoms with E-state index < -0.39 is 0 Å². The normalized spacial score (nSPS) is 10.8. The Morgan fingerprint density at radius 1 is 1.06 bits per heavy atom. The molecule has 0 bridgehead atoms. The highest BCUT2D eigenvalue weighted by atomic mass is 35.5. The third-order valence-electron chi connectivity index (χ3n) is 2.58. The fourth-order valence-electron chi connectivity index (χ4n) is 1.55. The summed E-state index contributed by atoms with van der Waals surface area (Å²) in [5, 5.41) is 4.19. The second-order valence-corrected chi connectivity index (χ2v) is 4.52. The number of benzene rings is 1. The van der Waals surface area contributed by atoms with E-state index in [9.17, 15) is 0 Å². The third-order valence-corrected chi connectivity index (χ3v) is 2.83. The highest BCUT2D eigenvalue weighted by Crippen LogP contribution is 2.09. The van der Waals surface area contributed by atoms with Crippen LogP contribution in [0.1, 0.15) is 12.0 Å². The molecule has 0 saturated heterocycles. The van der Waals surface area contributed by atoms with Gasteiger partial charge in [-0.1, -0.05) is 23.7 Å². The predicted molar refractivity (Wildman–Crippen MR) is 75.3 cm³/mol. The number of nitrogens with one attached hydrogen (secondary N) is 1. The summed E-state index contributed by atoms with van der Waals surface area (Å²) in [6.45, 7) is 4.11. The maximum absolute atomic E-state index is 5.83. The van der Waals surface area contributed by atoms with Crippen LogP contribution in [0.25, 0.3) is 0 Å². The average Bonchev–Trinajstić information content (AvgIpc) is 2.39. The molecule has 0 aromatic heterocycles. The van der Waals surface area contributed by atoms with Crippen LogP contribution in [0.2, 0.25) is 5.02 Å². The van der Waals surface area contributed by atoms with Crippen molar-refractivity contribution in [1.82, 2.24) is 5.32 Å². The van der Waals surface area contributed by atoms with Crippen molar-refractivity contribution >= 4 is 11.6 Å². The zero-order valence-electron chi connectivity index (χ0n) is 11.0. The van der Waals surface area contributed by atoms with Crippen molar-refractivity contribution in [1.29, 1.82) is 0 Å². The van der Waals surface area contributed by atoms with Gasteiger partial charge in [-0.25, -0.2) is 0 Å². The summed E-state index contributed by atoms with van der Waals surface area (Å²) in [6.07, 6.45) is 2.06. The molecule has 0 atom stereocenters. The second-order valence-electron chi connectivity index (χ2n) is 4.09. The van der Waals surface area contributed by atoms with E-state index in [2.05, 4.69) is 17.4 Å². The fourth-order valence-corrected chi connectivity index (χ4v) is 1.68. The SMILES string of the molecule is COCCOCCCNCCc1ccc(Cl)cc1. The van der Waals surface area contributed by atoms with Crippen LogP contribution in [0.5, 0.6) is 0 Å². The lowest BCUT2D eigenvalue weighted by molar-refractivity contribution is 0.0695. The van der Waals surface area contributed by atoms with Gasteiger partial charge in [-0.15, -0.1) is 0 Å². The number of hydrogen-bond acceptors (Lipinski definition) is 3. The van der Waals surface area contributed by atoms with Gasteiger partial charge in [0, 0.05) is 18.7 Å². The van der Waals surface area contributed by atoms with Gasteiger partial charge in [0.15, 0.2) is 0 Å². The van der Waals surface area contributed by atoms with Crippen molar-refractivity contribution < 1.29 is 9.47 Å². The topological polar surface area (TPSA) is 30.5 Å². The minimum Gasteiger partial charge on any atom is -0.382 e. The van der Waals surface area contributed by atoms with Gasteiger partial charge in [0.05, 0.1) is 13.2 Å². The molecule has 18 heavy (non-hydrogen) atoms. The summed E-state index contributed by atoms with van der Waals surface area (Å²) in [5.41, 5.74) is 1.31. The van der Waals surface area contributed by atoms with Crippen LogP contribution < -0.4 is 5.32 Å². The average molecular weight is 272 g/mol. The van der Waals surface area contributed by atoms with Crippen LogP contribution >= 0.6 is 11.6 Å². The number of ether oxygens (including phenoxy) is 2. The van der Waals surface area contributed by atoms with E-state index in [1.165, 1.54) is 5.56 Å². The van der Waals surface area contributed by atoms with Gasteiger partial charge in [0.1, 0.15) is 0 Å². The molecule has 102 valence electrons. The van der Waals surface area contributed by atoms with Gasteiger partial charge in [-0.2, -0.15) is 0 Å². The summed E-state index contributed by atoms with van der Waals surface area (Å²) in [5.74, 6) is 0. The third kappa shape index (κ3) is 7.67. The van der Waals surface area contributed by atoms with E-state index in [4.69, 9.17) is 21.1 Å². The van der Waals surface area contributed by atoms with Crippen LogP contribution in [-0.2, 0) is 15.9 Å². The molecule has 1 N–H and O–H groups in total. The molecule has 0 unspecified atom stereocenters. The van der Waals surface area contributed by atoms with Crippen molar-refractivity contribution in [3.05, 3.63) is 34.9 Å². The van der Waals surface area contributed by atoms with Crippen molar-refractivity contribution in [2.24, 2.45) is 0 Å². The monoisotopic (exact) mass is 271 g/mol. The van der Waals surface area contributed by atoms with E-state index in [0.717, 1.165) is 37.6 Å². The summed E-state index contributed by atoms with van der Waals surface area (Å²) >= 11 is 5.83. The Kier molecular flexibility index (Phi) is 8.86. The van der Waals surface area contributed by atoms with Crippen molar-refractivity contribution in [3.8, 4) is 0 Å². The predicted octanol–water partition coefficient (Wildman–Crippen LogP) is 2.53. The molecular weight excluding hydrogens is 250 g/mol. The minimum absolute atomic E-state index is 0.671. The number of methoxy groups -OCH3 is 1. The van der Waals surface area contributed by atoms with Gasteiger partial charge in [0.2, 0.25) is 0 Å². The summed E-state index contributed by atoms with van der Waals surface area (Å²) in [7, 11) is 1.68. The summed E-state index contributed by atoms with van der Waals surface area (Å²) in [6, 6.07) is 8.00. The molecule has 1 aromatic rings. The van der Waals surface area contributed by atoms with Gasteiger partial charge >= 0.3 is 0 Å². The summed E-state index contributed by atoms with van der Waals surface area (Å²) < 4.78 is 10.3. The summed E-state index contributed by atoms with van der Waals surface area (Å²) in [4.78, 5) is 0. The highest BCUT2D eigenvalue weighted by Gasteiger charge is 1.94. The molecule has 0 saturated carbocycles. The lowest BCUT2D eigenvalue weighted by Gasteiger charge is -2.06. The molecular formula is C14H22ClNO2. The van der Waals surface area contributed by atoms with Crippen LogP contribution in [0.4, 0.5) is 0 Å². The van der Waals surface area contributed by atoms with Crippen molar-refractivity contribution in [2.75, 3.05) is 40.0 Å². The zero-order chi connectivity index (χ0) is 13.1. The minimum atomic E-state index is 0.671. The first-order chi connectivity index (χ1) is 8.83. The maximum Gasteiger partial charge on any atom is 0.0700 e. The Bertz CT molecular complexity index is 303.